The Labute approximate surface area is 115 Å². The summed E-state index contributed by atoms with van der Waals surface area (Å²) in [5.41, 5.74) is -1.55. The van der Waals surface area contributed by atoms with Gasteiger partial charge >= 0.3 is 6.18 Å². The van der Waals surface area contributed by atoms with Crippen molar-refractivity contribution in [3.8, 4) is 0 Å². The first-order valence-electron chi connectivity index (χ1n) is 5.59. The summed E-state index contributed by atoms with van der Waals surface area (Å²) >= 11 is 3.34. The van der Waals surface area contributed by atoms with Crippen molar-refractivity contribution >= 4 is 21.8 Å². The molecule has 0 radical (unpaired) electrons. The van der Waals surface area contributed by atoms with Gasteiger partial charge in [-0.25, -0.2) is 4.39 Å². The molecule has 19 heavy (non-hydrogen) atoms. The summed E-state index contributed by atoms with van der Waals surface area (Å²) in [6.45, 7) is 0.922. The first kappa shape index (κ1) is 14.3. The molecule has 0 aliphatic carbocycles. The third kappa shape index (κ3) is 3.08. The van der Waals surface area contributed by atoms with Crippen molar-refractivity contribution in [3.05, 3.63) is 35.1 Å². The van der Waals surface area contributed by atoms with Crippen molar-refractivity contribution in [3.63, 3.8) is 0 Å². The Bertz CT molecular complexity index is 503. The highest BCUT2D eigenvalue weighted by Crippen LogP contribution is 2.32. The molecule has 0 bridgehead atoms. The number of rotatable bonds is 1. The predicted octanol–water partition coefficient (Wildman–Crippen LogP) is 3.45. The van der Waals surface area contributed by atoms with Gasteiger partial charge in [-0.1, -0.05) is 15.9 Å². The molecule has 1 saturated heterocycles. The van der Waals surface area contributed by atoms with Gasteiger partial charge in [0.1, 0.15) is 5.82 Å². The zero-order valence-corrected chi connectivity index (χ0v) is 11.3. The number of hydrogen-bond acceptors (Lipinski definition) is 1. The van der Waals surface area contributed by atoms with Crippen LogP contribution in [0.15, 0.2) is 18.2 Å². The third-order valence-electron chi connectivity index (χ3n) is 2.94. The van der Waals surface area contributed by atoms with Crippen LogP contribution in [0.25, 0.3) is 0 Å². The van der Waals surface area contributed by atoms with Crippen LogP contribution in [0.2, 0.25) is 0 Å². The van der Waals surface area contributed by atoms with E-state index in [1.807, 2.05) is 0 Å². The Kier molecular flexibility index (Phi) is 3.85. The molecule has 1 aliphatic rings. The van der Waals surface area contributed by atoms with Gasteiger partial charge in [-0.3, -0.25) is 4.79 Å². The highest BCUT2D eigenvalue weighted by molar-refractivity contribution is 9.09. The number of benzene rings is 1. The maximum Gasteiger partial charge on any atom is 0.419 e. The van der Waals surface area contributed by atoms with Crippen LogP contribution in [-0.4, -0.2) is 28.7 Å². The van der Waals surface area contributed by atoms with Crippen molar-refractivity contribution in [1.82, 2.24) is 4.90 Å². The molecule has 2 rings (SSSR count). The highest BCUT2D eigenvalue weighted by atomic mass is 79.9. The summed E-state index contributed by atoms with van der Waals surface area (Å²) in [6, 6.07) is 2.32. The molecule has 0 spiro atoms. The minimum atomic E-state index is -4.80. The van der Waals surface area contributed by atoms with E-state index in [-0.39, 0.29) is 10.4 Å². The summed E-state index contributed by atoms with van der Waals surface area (Å²) < 4.78 is 50.8. The summed E-state index contributed by atoms with van der Waals surface area (Å²) in [4.78, 5) is 13.6. The van der Waals surface area contributed by atoms with Crippen molar-refractivity contribution in [2.45, 2.75) is 17.4 Å². The minimum Gasteiger partial charge on any atom is -0.337 e. The molecule has 1 aromatic rings. The van der Waals surface area contributed by atoms with E-state index in [0.29, 0.717) is 25.2 Å². The lowest BCUT2D eigenvalue weighted by Crippen LogP contribution is -2.29. The van der Waals surface area contributed by atoms with Crippen LogP contribution < -0.4 is 0 Å². The maximum absolute atomic E-state index is 13.1. The Morgan fingerprint density at radius 3 is 2.58 bits per heavy atom. The number of carbonyl (C=O) groups is 1. The van der Waals surface area contributed by atoms with Crippen molar-refractivity contribution in [2.24, 2.45) is 0 Å². The Balaban J connectivity index is 2.28. The van der Waals surface area contributed by atoms with Gasteiger partial charge in [0.25, 0.3) is 5.91 Å². The van der Waals surface area contributed by atoms with Crippen LogP contribution in [0.3, 0.4) is 0 Å². The van der Waals surface area contributed by atoms with E-state index in [9.17, 15) is 22.4 Å². The summed E-state index contributed by atoms with van der Waals surface area (Å²) in [5, 5.41) is 0. The quantitative estimate of drug-likeness (QED) is 0.566. The van der Waals surface area contributed by atoms with Crippen LogP contribution in [0, 0.1) is 5.82 Å². The fourth-order valence-electron chi connectivity index (χ4n) is 1.96. The van der Waals surface area contributed by atoms with E-state index in [1.54, 1.807) is 0 Å². The van der Waals surface area contributed by atoms with Crippen LogP contribution in [0.5, 0.6) is 0 Å². The van der Waals surface area contributed by atoms with Crippen LogP contribution in [0.1, 0.15) is 22.3 Å². The molecule has 1 aromatic carbocycles. The Morgan fingerprint density at radius 2 is 2.05 bits per heavy atom. The zero-order valence-electron chi connectivity index (χ0n) is 9.68. The lowest BCUT2D eigenvalue weighted by Gasteiger charge is -2.16. The molecule has 1 atom stereocenters. The molecule has 1 aliphatic heterocycles. The molecule has 1 fully saturated rings. The summed E-state index contributed by atoms with van der Waals surface area (Å²) in [7, 11) is 0. The van der Waals surface area contributed by atoms with Crippen LogP contribution in [-0.2, 0) is 6.18 Å². The van der Waals surface area contributed by atoms with Gasteiger partial charge in [0.2, 0.25) is 0 Å². The molecule has 7 heteroatoms. The van der Waals surface area contributed by atoms with Gasteiger partial charge in [0.15, 0.2) is 0 Å². The molecule has 2 nitrogen and oxygen atoms in total. The van der Waals surface area contributed by atoms with Gasteiger partial charge < -0.3 is 4.90 Å². The fourth-order valence-corrected chi connectivity index (χ4v) is 2.51. The molecule has 104 valence electrons. The Morgan fingerprint density at radius 1 is 1.37 bits per heavy atom. The lowest BCUT2D eigenvalue weighted by atomic mass is 10.1. The second-order valence-electron chi connectivity index (χ2n) is 4.33. The van der Waals surface area contributed by atoms with Crippen LogP contribution in [0.4, 0.5) is 17.6 Å². The van der Waals surface area contributed by atoms with E-state index >= 15 is 0 Å². The van der Waals surface area contributed by atoms with Crippen molar-refractivity contribution in [1.29, 1.82) is 0 Å². The molecule has 1 heterocycles. The van der Waals surface area contributed by atoms with E-state index in [0.717, 1.165) is 12.5 Å². The van der Waals surface area contributed by atoms with E-state index in [2.05, 4.69) is 15.9 Å². The second kappa shape index (κ2) is 5.11. The number of amides is 1. The lowest BCUT2D eigenvalue weighted by molar-refractivity contribution is -0.140. The number of carbonyl (C=O) groups excluding carboxylic acids is 1. The first-order chi connectivity index (χ1) is 8.79. The van der Waals surface area contributed by atoms with Crippen molar-refractivity contribution in [2.75, 3.05) is 13.1 Å². The van der Waals surface area contributed by atoms with E-state index in [4.69, 9.17) is 0 Å². The largest absolute Gasteiger partial charge is 0.419 e. The summed E-state index contributed by atoms with van der Waals surface area (Å²) in [6.07, 6.45) is -4.05. The smallest absolute Gasteiger partial charge is 0.337 e. The minimum absolute atomic E-state index is 0.143. The number of alkyl halides is 4. The SMILES string of the molecule is O=C(c1ccc(F)c(C(F)(F)F)c1)N1CCC(Br)C1. The number of nitrogens with zero attached hydrogens (tertiary/aromatic N) is 1. The van der Waals surface area contributed by atoms with Gasteiger partial charge in [-0.05, 0) is 24.6 Å². The topological polar surface area (TPSA) is 20.3 Å². The number of likely N-dealkylation sites (tertiary alicyclic amines) is 1. The van der Waals surface area contributed by atoms with Gasteiger partial charge in [0.05, 0.1) is 5.56 Å². The van der Waals surface area contributed by atoms with Crippen LogP contribution >= 0.6 is 15.9 Å². The molecule has 0 saturated carbocycles. The normalized spacial score (nSPS) is 19.8. The summed E-state index contributed by atoms with van der Waals surface area (Å²) in [5.74, 6) is -1.88. The predicted molar refractivity (Wildman–Crippen MR) is 64.6 cm³/mol. The zero-order chi connectivity index (χ0) is 14.2. The molecule has 0 N–H and O–H groups in total. The van der Waals surface area contributed by atoms with Gasteiger partial charge in [-0.15, -0.1) is 0 Å². The highest BCUT2D eigenvalue weighted by Gasteiger charge is 2.35. The maximum atomic E-state index is 13.1. The second-order valence-corrected chi connectivity index (χ2v) is 5.62. The fraction of sp³-hybridized carbons (Fsp3) is 0.417. The molecule has 1 unspecified atom stereocenters. The molecular weight excluding hydrogens is 330 g/mol. The molecular formula is C12H10BrF4NO. The Hall–Kier alpha value is -1.11. The average molecular weight is 340 g/mol. The van der Waals surface area contributed by atoms with Gasteiger partial charge in [0, 0.05) is 23.5 Å². The standard InChI is InChI=1S/C12H10BrF4NO/c13-8-3-4-18(6-8)11(19)7-1-2-10(14)9(5-7)12(15,16)17/h1-2,5,8H,3-4,6H2. The van der Waals surface area contributed by atoms with E-state index in [1.165, 1.54) is 4.90 Å². The number of hydrogen-bond donors (Lipinski definition) is 0. The molecule has 1 amide bonds. The van der Waals surface area contributed by atoms with Gasteiger partial charge in [-0.2, -0.15) is 13.2 Å². The first-order valence-corrected chi connectivity index (χ1v) is 6.50. The van der Waals surface area contributed by atoms with E-state index < -0.39 is 23.5 Å². The monoisotopic (exact) mass is 339 g/mol. The molecule has 0 aromatic heterocycles. The average Bonchev–Trinajstić information content (AvgIpc) is 2.74. The van der Waals surface area contributed by atoms with Crippen molar-refractivity contribution < 1.29 is 22.4 Å². The number of halogens is 5. The third-order valence-corrected chi connectivity index (χ3v) is 3.68.